The van der Waals surface area contributed by atoms with E-state index in [2.05, 4.69) is 52.6 Å². The Morgan fingerprint density at radius 1 is 1.33 bits per heavy atom. The maximum Gasteiger partial charge on any atom is 0.124 e. The van der Waals surface area contributed by atoms with Crippen LogP contribution in [0.15, 0.2) is 22.0 Å². The number of benzene rings is 1. The second-order valence-electron chi connectivity index (χ2n) is 4.93. The van der Waals surface area contributed by atoms with Crippen molar-refractivity contribution >= 4 is 38.9 Å². The molecule has 5 heteroatoms. The number of methoxy groups -OCH3 is 1. The number of halogens is 2. The van der Waals surface area contributed by atoms with Gasteiger partial charge < -0.3 is 10.1 Å². The van der Waals surface area contributed by atoms with Crippen LogP contribution < -0.4 is 10.1 Å². The van der Waals surface area contributed by atoms with E-state index in [0.717, 1.165) is 43.4 Å². The third kappa shape index (κ3) is 3.45. The summed E-state index contributed by atoms with van der Waals surface area (Å²) in [6, 6.07) is 4.21. The molecule has 0 bridgehead atoms. The van der Waals surface area contributed by atoms with Crippen molar-refractivity contribution in [2.45, 2.75) is 26.8 Å². The SMILES string of the molecule is CCNC(c1cc(Br)c(C)cc1OC)c1scc(C)c1Cl. The molecule has 2 aromatic rings. The van der Waals surface area contributed by atoms with E-state index < -0.39 is 0 Å². The predicted octanol–water partition coefficient (Wildman–Crippen LogP) is 5.49. The van der Waals surface area contributed by atoms with E-state index in [-0.39, 0.29) is 6.04 Å². The van der Waals surface area contributed by atoms with E-state index in [4.69, 9.17) is 16.3 Å². The number of rotatable bonds is 5. The second-order valence-corrected chi connectivity index (χ2v) is 7.07. The zero-order valence-electron chi connectivity index (χ0n) is 12.6. The highest BCUT2D eigenvalue weighted by Gasteiger charge is 2.23. The molecule has 0 saturated carbocycles. The molecule has 0 radical (unpaired) electrons. The van der Waals surface area contributed by atoms with Gasteiger partial charge in [-0.3, -0.25) is 0 Å². The van der Waals surface area contributed by atoms with Gasteiger partial charge in [0.05, 0.1) is 18.2 Å². The lowest BCUT2D eigenvalue weighted by Gasteiger charge is -2.21. The van der Waals surface area contributed by atoms with Crippen LogP contribution in [0.4, 0.5) is 0 Å². The van der Waals surface area contributed by atoms with Crippen molar-refractivity contribution in [2.75, 3.05) is 13.7 Å². The standard InChI is InChI=1S/C16H19BrClNOS/c1-5-19-15(16-14(18)10(3)8-21-16)11-7-12(17)9(2)6-13(11)20-4/h6-8,15,19H,5H2,1-4H3. The van der Waals surface area contributed by atoms with Crippen LogP contribution in [0.25, 0.3) is 0 Å². The highest BCUT2D eigenvalue weighted by atomic mass is 79.9. The van der Waals surface area contributed by atoms with Gasteiger partial charge in [-0.25, -0.2) is 0 Å². The zero-order valence-corrected chi connectivity index (χ0v) is 15.7. The van der Waals surface area contributed by atoms with E-state index in [1.165, 1.54) is 0 Å². The van der Waals surface area contributed by atoms with E-state index in [1.54, 1.807) is 18.4 Å². The van der Waals surface area contributed by atoms with Gasteiger partial charge in [-0.2, -0.15) is 0 Å². The van der Waals surface area contributed by atoms with Crippen molar-refractivity contribution in [3.63, 3.8) is 0 Å². The third-order valence-electron chi connectivity index (χ3n) is 3.42. The van der Waals surface area contributed by atoms with E-state index in [0.29, 0.717) is 0 Å². The molecular formula is C16H19BrClNOS. The first-order valence-corrected chi connectivity index (χ1v) is 8.85. The topological polar surface area (TPSA) is 21.3 Å². The fourth-order valence-corrected chi connectivity index (χ4v) is 4.02. The van der Waals surface area contributed by atoms with Gasteiger partial charge in [0.2, 0.25) is 0 Å². The first kappa shape index (κ1) is 16.8. The summed E-state index contributed by atoms with van der Waals surface area (Å²) in [7, 11) is 1.70. The lowest BCUT2D eigenvalue weighted by Crippen LogP contribution is -2.22. The van der Waals surface area contributed by atoms with Crippen molar-refractivity contribution in [3.8, 4) is 5.75 Å². The molecule has 0 saturated heterocycles. The van der Waals surface area contributed by atoms with Gasteiger partial charge in [-0.1, -0.05) is 34.5 Å². The summed E-state index contributed by atoms with van der Waals surface area (Å²) in [6.45, 7) is 7.04. The maximum atomic E-state index is 6.47. The molecule has 1 atom stereocenters. The zero-order chi connectivity index (χ0) is 15.6. The van der Waals surface area contributed by atoms with Crippen LogP contribution in [-0.4, -0.2) is 13.7 Å². The monoisotopic (exact) mass is 387 g/mol. The lowest BCUT2D eigenvalue weighted by molar-refractivity contribution is 0.404. The normalized spacial score (nSPS) is 12.5. The van der Waals surface area contributed by atoms with Gasteiger partial charge in [0.25, 0.3) is 0 Å². The van der Waals surface area contributed by atoms with E-state index in [1.807, 2.05) is 6.92 Å². The summed E-state index contributed by atoms with van der Waals surface area (Å²) in [5, 5.41) is 6.45. The minimum absolute atomic E-state index is 0.0352. The Kier molecular flexibility index (Phi) is 5.72. The van der Waals surface area contributed by atoms with Crippen LogP contribution in [0, 0.1) is 13.8 Å². The van der Waals surface area contributed by atoms with Crippen molar-refractivity contribution in [2.24, 2.45) is 0 Å². The quantitative estimate of drug-likeness (QED) is 0.731. The minimum atomic E-state index is 0.0352. The van der Waals surface area contributed by atoms with Crippen molar-refractivity contribution in [1.82, 2.24) is 5.32 Å². The Hall–Kier alpha value is -0.550. The molecule has 1 aromatic heterocycles. The largest absolute Gasteiger partial charge is 0.496 e. The molecule has 0 amide bonds. The smallest absolute Gasteiger partial charge is 0.124 e. The molecule has 0 aliphatic heterocycles. The third-order valence-corrected chi connectivity index (χ3v) is 6.05. The lowest BCUT2D eigenvalue weighted by atomic mass is 10.0. The second kappa shape index (κ2) is 7.14. The summed E-state index contributed by atoms with van der Waals surface area (Å²) < 4.78 is 6.65. The molecule has 1 aromatic carbocycles. The summed E-state index contributed by atoms with van der Waals surface area (Å²) in [4.78, 5) is 1.13. The molecule has 2 rings (SSSR count). The summed E-state index contributed by atoms with van der Waals surface area (Å²) in [5.41, 5.74) is 3.37. The van der Waals surface area contributed by atoms with Crippen LogP contribution in [0.3, 0.4) is 0 Å². The highest BCUT2D eigenvalue weighted by Crippen LogP contribution is 2.40. The molecule has 1 unspecified atom stereocenters. The van der Waals surface area contributed by atoms with E-state index in [9.17, 15) is 0 Å². The van der Waals surface area contributed by atoms with Crippen molar-refractivity contribution in [1.29, 1.82) is 0 Å². The van der Waals surface area contributed by atoms with Gasteiger partial charge >= 0.3 is 0 Å². The van der Waals surface area contributed by atoms with Gasteiger partial charge in [0.1, 0.15) is 5.75 Å². The van der Waals surface area contributed by atoms with Crippen molar-refractivity contribution < 1.29 is 4.74 Å². The number of thiophene rings is 1. The maximum absolute atomic E-state index is 6.47. The molecule has 2 nitrogen and oxygen atoms in total. The molecule has 21 heavy (non-hydrogen) atoms. The first-order valence-electron chi connectivity index (χ1n) is 6.80. The van der Waals surface area contributed by atoms with Gasteiger partial charge in [-0.05, 0) is 49.0 Å². The molecular weight excluding hydrogens is 370 g/mol. The number of ether oxygens (including phenoxy) is 1. The molecule has 114 valence electrons. The fourth-order valence-electron chi connectivity index (χ4n) is 2.27. The Balaban J connectivity index is 2.57. The Bertz CT molecular complexity index is 641. The molecule has 0 aliphatic carbocycles. The number of nitrogens with one attached hydrogen (secondary N) is 1. The first-order chi connectivity index (χ1) is 9.99. The minimum Gasteiger partial charge on any atom is -0.496 e. The number of aryl methyl sites for hydroxylation is 2. The Labute approximate surface area is 143 Å². The molecule has 0 fully saturated rings. The molecule has 0 spiro atoms. The average molecular weight is 389 g/mol. The highest BCUT2D eigenvalue weighted by molar-refractivity contribution is 9.10. The molecule has 1 heterocycles. The fraction of sp³-hybridized carbons (Fsp3) is 0.375. The summed E-state index contributed by atoms with van der Waals surface area (Å²) >= 11 is 11.8. The Morgan fingerprint density at radius 3 is 2.57 bits per heavy atom. The average Bonchev–Trinajstić information content (AvgIpc) is 2.79. The van der Waals surface area contributed by atoms with E-state index >= 15 is 0 Å². The van der Waals surface area contributed by atoms with Crippen LogP contribution in [-0.2, 0) is 0 Å². The Morgan fingerprint density at radius 2 is 2.05 bits per heavy atom. The summed E-state index contributed by atoms with van der Waals surface area (Å²) in [6.07, 6.45) is 0. The molecule has 1 N–H and O–H groups in total. The van der Waals surface area contributed by atoms with Crippen molar-refractivity contribution in [3.05, 3.63) is 48.6 Å². The van der Waals surface area contributed by atoms with Gasteiger partial charge in [-0.15, -0.1) is 11.3 Å². The predicted molar refractivity (Wildman–Crippen MR) is 95.0 cm³/mol. The van der Waals surface area contributed by atoms with Crippen LogP contribution in [0.1, 0.15) is 34.5 Å². The van der Waals surface area contributed by atoms with Crippen LogP contribution in [0.5, 0.6) is 5.75 Å². The number of hydrogen-bond acceptors (Lipinski definition) is 3. The summed E-state index contributed by atoms with van der Waals surface area (Å²) in [5.74, 6) is 0.878. The van der Waals surface area contributed by atoms with Crippen LogP contribution >= 0.6 is 38.9 Å². The molecule has 0 aliphatic rings. The van der Waals surface area contributed by atoms with Gasteiger partial charge in [0.15, 0.2) is 0 Å². The van der Waals surface area contributed by atoms with Gasteiger partial charge in [0, 0.05) is 14.9 Å². The number of hydrogen-bond donors (Lipinski definition) is 1. The van der Waals surface area contributed by atoms with Crippen LogP contribution in [0.2, 0.25) is 5.02 Å².